The normalized spacial score (nSPS) is 10.5. The number of aromatic nitrogens is 1. The summed E-state index contributed by atoms with van der Waals surface area (Å²) in [6, 6.07) is 6.60. The van der Waals surface area contributed by atoms with Gasteiger partial charge in [-0.1, -0.05) is 18.2 Å². The van der Waals surface area contributed by atoms with Crippen LogP contribution in [0.5, 0.6) is 11.6 Å². The minimum absolute atomic E-state index is 0.138. The molecule has 0 aliphatic heterocycles. The smallest absolute Gasteiger partial charge is 0.309 e. The molecule has 2 rings (SSSR count). The summed E-state index contributed by atoms with van der Waals surface area (Å²) in [6.45, 7) is 1.21. The van der Waals surface area contributed by atoms with E-state index in [4.69, 9.17) is 4.74 Å². The number of carbonyl (C=O) groups excluding carboxylic acids is 1. The summed E-state index contributed by atoms with van der Waals surface area (Å²) in [5.41, 5.74) is -0.324. The third-order valence-electron chi connectivity index (χ3n) is 2.46. The molecule has 0 bridgehead atoms. The largest absolute Gasteiger partial charge is 0.503 e. The van der Waals surface area contributed by atoms with Crippen molar-refractivity contribution in [3.05, 3.63) is 34.6 Å². The Hall–Kier alpha value is -2.30. The predicted molar refractivity (Wildman–Crippen MR) is 62.2 cm³/mol. The van der Waals surface area contributed by atoms with Crippen molar-refractivity contribution in [2.75, 3.05) is 0 Å². The number of hydrogen-bond donors (Lipinski definition) is 1. The summed E-state index contributed by atoms with van der Waals surface area (Å²) < 4.78 is 5.95. The maximum absolute atomic E-state index is 11.9. The standard InChI is InChI=1S/C12H11NO4/c1-7(14)17-12-10(15)8-5-3-4-6-9(8)11(16)13(12)2/h3-6,15H,1-2H3. The highest BCUT2D eigenvalue weighted by molar-refractivity contribution is 5.89. The molecule has 17 heavy (non-hydrogen) atoms. The summed E-state index contributed by atoms with van der Waals surface area (Å²) in [5, 5.41) is 10.7. The van der Waals surface area contributed by atoms with Crippen LogP contribution in [0.15, 0.2) is 29.1 Å². The topological polar surface area (TPSA) is 68.5 Å². The van der Waals surface area contributed by atoms with Crippen molar-refractivity contribution < 1.29 is 14.6 Å². The SMILES string of the molecule is CC(=O)Oc1c(O)c2ccccc2c(=O)n1C. The number of hydrogen-bond acceptors (Lipinski definition) is 4. The first-order chi connectivity index (χ1) is 8.02. The number of ether oxygens (including phenoxy) is 1. The lowest BCUT2D eigenvalue weighted by atomic mass is 10.1. The fourth-order valence-electron chi connectivity index (χ4n) is 1.68. The fourth-order valence-corrected chi connectivity index (χ4v) is 1.68. The van der Waals surface area contributed by atoms with Gasteiger partial charge < -0.3 is 9.84 Å². The van der Waals surface area contributed by atoms with Gasteiger partial charge in [0, 0.05) is 19.4 Å². The molecule has 5 nitrogen and oxygen atoms in total. The van der Waals surface area contributed by atoms with E-state index in [2.05, 4.69) is 0 Å². The van der Waals surface area contributed by atoms with Crippen LogP contribution < -0.4 is 10.3 Å². The van der Waals surface area contributed by atoms with E-state index < -0.39 is 5.97 Å². The second kappa shape index (κ2) is 3.93. The van der Waals surface area contributed by atoms with Crippen LogP contribution in [-0.4, -0.2) is 15.6 Å². The maximum atomic E-state index is 11.9. The Balaban J connectivity index is 2.86. The molecule has 1 heterocycles. The Morgan fingerprint density at radius 3 is 2.47 bits per heavy atom. The number of carbonyl (C=O) groups is 1. The van der Waals surface area contributed by atoms with Crippen LogP contribution in [0, 0.1) is 0 Å². The van der Waals surface area contributed by atoms with Crippen molar-refractivity contribution in [2.45, 2.75) is 6.92 Å². The third-order valence-corrected chi connectivity index (χ3v) is 2.46. The van der Waals surface area contributed by atoms with Crippen molar-refractivity contribution in [3.63, 3.8) is 0 Å². The van der Waals surface area contributed by atoms with Gasteiger partial charge in [0.25, 0.3) is 5.56 Å². The molecule has 5 heteroatoms. The lowest BCUT2D eigenvalue weighted by Crippen LogP contribution is -2.20. The number of rotatable bonds is 1. The average Bonchev–Trinajstić information content (AvgIpc) is 2.31. The third kappa shape index (κ3) is 1.75. The van der Waals surface area contributed by atoms with Crippen molar-refractivity contribution in [3.8, 4) is 11.6 Å². The molecule has 0 fully saturated rings. The maximum Gasteiger partial charge on any atom is 0.309 e. The van der Waals surface area contributed by atoms with E-state index in [9.17, 15) is 14.7 Å². The zero-order valence-electron chi connectivity index (χ0n) is 9.43. The first-order valence-electron chi connectivity index (χ1n) is 5.01. The lowest BCUT2D eigenvalue weighted by Gasteiger charge is -2.11. The van der Waals surface area contributed by atoms with E-state index in [0.717, 1.165) is 4.57 Å². The molecule has 0 atom stereocenters. The molecule has 0 saturated carbocycles. The zero-order chi connectivity index (χ0) is 12.6. The molecule has 1 aromatic heterocycles. The zero-order valence-corrected chi connectivity index (χ0v) is 9.43. The summed E-state index contributed by atoms with van der Waals surface area (Å²) in [7, 11) is 1.44. The molecule has 0 aliphatic carbocycles. The van der Waals surface area contributed by atoms with E-state index in [1.807, 2.05) is 0 Å². The predicted octanol–water partition coefficient (Wildman–Crippen LogP) is 1.17. The van der Waals surface area contributed by atoms with Gasteiger partial charge in [-0.25, -0.2) is 0 Å². The Morgan fingerprint density at radius 1 is 1.29 bits per heavy atom. The number of fused-ring (bicyclic) bond motifs is 1. The number of aromatic hydroxyl groups is 1. The monoisotopic (exact) mass is 233 g/mol. The average molecular weight is 233 g/mol. The minimum atomic E-state index is -0.592. The molecule has 1 N–H and O–H groups in total. The van der Waals surface area contributed by atoms with Crippen molar-refractivity contribution in [1.82, 2.24) is 4.57 Å². The molecule has 88 valence electrons. The van der Waals surface area contributed by atoms with Gasteiger partial charge in [-0.3, -0.25) is 14.2 Å². The van der Waals surface area contributed by atoms with Gasteiger partial charge in [0.1, 0.15) is 0 Å². The first kappa shape index (κ1) is 11.2. The molecule has 1 aromatic carbocycles. The van der Waals surface area contributed by atoms with E-state index in [1.54, 1.807) is 24.3 Å². The highest BCUT2D eigenvalue weighted by Crippen LogP contribution is 2.31. The molecular formula is C12H11NO4. The minimum Gasteiger partial charge on any atom is -0.503 e. The van der Waals surface area contributed by atoms with Gasteiger partial charge in [-0.15, -0.1) is 0 Å². The number of nitrogens with zero attached hydrogens (tertiary/aromatic N) is 1. The van der Waals surface area contributed by atoms with Crippen LogP contribution >= 0.6 is 0 Å². The summed E-state index contributed by atoms with van der Waals surface area (Å²) in [6.07, 6.45) is 0. The van der Waals surface area contributed by atoms with Gasteiger partial charge in [-0.05, 0) is 6.07 Å². The molecule has 0 unspecified atom stereocenters. The van der Waals surface area contributed by atoms with Crippen LogP contribution in [0.25, 0.3) is 10.8 Å². The summed E-state index contributed by atoms with van der Waals surface area (Å²) >= 11 is 0. The summed E-state index contributed by atoms with van der Waals surface area (Å²) in [4.78, 5) is 22.9. The van der Waals surface area contributed by atoms with E-state index in [-0.39, 0.29) is 17.2 Å². The van der Waals surface area contributed by atoms with E-state index in [0.29, 0.717) is 10.8 Å². The highest BCUT2D eigenvalue weighted by Gasteiger charge is 2.16. The highest BCUT2D eigenvalue weighted by atomic mass is 16.5. The van der Waals surface area contributed by atoms with Crippen LogP contribution in [0.1, 0.15) is 6.92 Å². The van der Waals surface area contributed by atoms with Crippen molar-refractivity contribution in [2.24, 2.45) is 7.05 Å². The van der Waals surface area contributed by atoms with Crippen LogP contribution in [0.3, 0.4) is 0 Å². The lowest BCUT2D eigenvalue weighted by molar-refractivity contribution is -0.132. The second-order valence-corrected chi connectivity index (χ2v) is 3.66. The number of pyridine rings is 1. The fraction of sp³-hybridized carbons (Fsp3) is 0.167. The molecule has 0 spiro atoms. The molecule has 0 radical (unpaired) electrons. The molecule has 0 aliphatic rings. The quantitative estimate of drug-likeness (QED) is 0.751. The first-order valence-corrected chi connectivity index (χ1v) is 5.01. The van der Waals surface area contributed by atoms with Gasteiger partial charge >= 0.3 is 5.97 Å². The van der Waals surface area contributed by atoms with Gasteiger partial charge in [0.15, 0.2) is 5.75 Å². The Labute approximate surface area is 96.9 Å². The van der Waals surface area contributed by atoms with Crippen molar-refractivity contribution in [1.29, 1.82) is 0 Å². The number of benzene rings is 1. The second-order valence-electron chi connectivity index (χ2n) is 3.66. The van der Waals surface area contributed by atoms with Crippen LogP contribution in [0.2, 0.25) is 0 Å². The summed E-state index contributed by atoms with van der Waals surface area (Å²) in [5.74, 6) is -0.940. The molecule has 0 saturated heterocycles. The van der Waals surface area contributed by atoms with E-state index in [1.165, 1.54) is 14.0 Å². The van der Waals surface area contributed by atoms with Gasteiger partial charge in [-0.2, -0.15) is 0 Å². The van der Waals surface area contributed by atoms with Crippen LogP contribution in [-0.2, 0) is 11.8 Å². The van der Waals surface area contributed by atoms with Gasteiger partial charge in [0.2, 0.25) is 5.88 Å². The molecule has 0 amide bonds. The van der Waals surface area contributed by atoms with Crippen LogP contribution in [0.4, 0.5) is 0 Å². The van der Waals surface area contributed by atoms with E-state index >= 15 is 0 Å². The van der Waals surface area contributed by atoms with Gasteiger partial charge in [0.05, 0.1) is 5.39 Å². The molecular weight excluding hydrogens is 222 g/mol. The Bertz CT molecular complexity index is 657. The van der Waals surface area contributed by atoms with Crippen molar-refractivity contribution >= 4 is 16.7 Å². The molecule has 2 aromatic rings. The Morgan fingerprint density at radius 2 is 1.88 bits per heavy atom. The Kier molecular flexibility index (Phi) is 2.59. The number of esters is 1.